The smallest absolute Gasteiger partial charge is 0.0999 e. The van der Waals surface area contributed by atoms with Crippen LogP contribution in [0.5, 0.6) is 0 Å². The lowest BCUT2D eigenvalue weighted by atomic mass is 9.66. The first kappa shape index (κ1) is 16.8. The summed E-state index contributed by atoms with van der Waals surface area (Å²) in [6.45, 7) is 15.0. The lowest BCUT2D eigenvalue weighted by Gasteiger charge is -2.42. The fraction of sp³-hybridized carbons (Fsp3) is 1.00. The quantitative estimate of drug-likeness (QED) is 0.654. The number of rotatable bonds is 2. The Labute approximate surface area is 137 Å². The van der Waals surface area contributed by atoms with Gasteiger partial charge in [0.2, 0.25) is 0 Å². The van der Waals surface area contributed by atoms with Crippen LogP contribution in [0.2, 0.25) is 0 Å². The average Bonchev–Trinajstić information content (AvgIpc) is 3.15. The van der Waals surface area contributed by atoms with Crippen molar-refractivity contribution in [2.75, 3.05) is 6.61 Å². The molecule has 1 saturated carbocycles. The van der Waals surface area contributed by atoms with Gasteiger partial charge in [-0.05, 0) is 54.8 Å². The third-order valence-corrected chi connectivity index (χ3v) is 6.46. The molecule has 22 heavy (non-hydrogen) atoms. The third-order valence-electron chi connectivity index (χ3n) is 6.46. The molecule has 0 amide bonds. The first-order valence-electron chi connectivity index (χ1n) is 9.44. The maximum Gasteiger partial charge on any atom is 0.0999 e. The average molecular weight is 309 g/mol. The number of fused-ring (bicyclic) bond motifs is 1. The first-order valence-corrected chi connectivity index (χ1v) is 9.44. The summed E-state index contributed by atoms with van der Waals surface area (Å²) in [5.41, 5.74) is 0.719. The van der Waals surface area contributed by atoms with E-state index in [2.05, 4.69) is 41.5 Å². The van der Waals surface area contributed by atoms with Gasteiger partial charge in [-0.3, -0.25) is 0 Å². The highest BCUT2D eigenvalue weighted by Crippen LogP contribution is 2.61. The second-order valence-corrected chi connectivity index (χ2v) is 10.1. The van der Waals surface area contributed by atoms with Gasteiger partial charge in [0.25, 0.3) is 0 Å². The van der Waals surface area contributed by atoms with E-state index in [1.54, 1.807) is 0 Å². The van der Waals surface area contributed by atoms with Crippen molar-refractivity contribution >= 4 is 0 Å². The molecule has 128 valence electrons. The van der Waals surface area contributed by atoms with E-state index in [-0.39, 0.29) is 16.4 Å². The molecule has 0 spiro atoms. The van der Waals surface area contributed by atoms with Crippen molar-refractivity contribution in [3.05, 3.63) is 0 Å². The molecular weight excluding hydrogens is 272 g/mol. The molecule has 3 rings (SSSR count). The van der Waals surface area contributed by atoms with Crippen LogP contribution in [0.4, 0.5) is 0 Å². The van der Waals surface area contributed by atoms with Gasteiger partial charge in [-0.15, -0.1) is 0 Å². The van der Waals surface area contributed by atoms with Crippen LogP contribution in [0.3, 0.4) is 0 Å². The molecular formula is C20H36O2. The Hall–Kier alpha value is -0.0800. The zero-order valence-electron chi connectivity index (χ0n) is 15.6. The molecule has 5 unspecified atom stereocenters. The van der Waals surface area contributed by atoms with Gasteiger partial charge in [0.15, 0.2) is 0 Å². The van der Waals surface area contributed by atoms with E-state index in [1.807, 2.05) is 0 Å². The van der Waals surface area contributed by atoms with E-state index in [9.17, 15) is 0 Å². The monoisotopic (exact) mass is 308 g/mol. The lowest BCUT2D eigenvalue weighted by molar-refractivity contribution is -0.0922. The molecule has 2 aliphatic heterocycles. The molecule has 3 fully saturated rings. The molecule has 0 aromatic carbocycles. The molecule has 0 radical (unpaired) electrons. The second kappa shape index (κ2) is 5.48. The van der Waals surface area contributed by atoms with Crippen molar-refractivity contribution in [1.82, 2.24) is 0 Å². The molecule has 2 nitrogen and oxygen atoms in total. The third kappa shape index (κ3) is 2.86. The molecule has 0 N–H and O–H groups in total. The minimum absolute atomic E-state index is 0.183. The van der Waals surface area contributed by atoms with Crippen LogP contribution in [0.1, 0.15) is 80.1 Å². The number of ether oxygens (including phenoxy) is 2. The van der Waals surface area contributed by atoms with Gasteiger partial charge in [0, 0.05) is 6.61 Å². The highest BCUT2D eigenvalue weighted by Gasteiger charge is 2.66. The van der Waals surface area contributed by atoms with Crippen LogP contribution < -0.4 is 0 Å². The highest BCUT2D eigenvalue weighted by molar-refractivity contribution is 5.14. The Balaban J connectivity index is 1.68. The highest BCUT2D eigenvalue weighted by atomic mass is 16.6. The molecule has 3 aliphatic rings. The van der Waals surface area contributed by atoms with Gasteiger partial charge in [-0.25, -0.2) is 0 Å². The van der Waals surface area contributed by atoms with E-state index in [4.69, 9.17) is 9.47 Å². The van der Waals surface area contributed by atoms with Crippen molar-refractivity contribution in [2.24, 2.45) is 22.7 Å². The van der Waals surface area contributed by atoms with Gasteiger partial charge in [-0.2, -0.15) is 0 Å². The normalized spacial score (nSPS) is 42.8. The van der Waals surface area contributed by atoms with Gasteiger partial charge in [0.1, 0.15) is 0 Å². The van der Waals surface area contributed by atoms with Gasteiger partial charge in [-0.1, -0.05) is 48.0 Å². The minimum atomic E-state index is 0.183. The van der Waals surface area contributed by atoms with Gasteiger partial charge >= 0.3 is 0 Å². The van der Waals surface area contributed by atoms with E-state index < -0.39 is 0 Å². The number of hydrogen-bond acceptors (Lipinski definition) is 2. The summed E-state index contributed by atoms with van der Waals surface area (Å²) in [6, 6.07) is 0. The molecule has 2 heteroatoms. The Bertz CT molecular complexity index is 403. The van der Waals surface area contributed by atoms with Crippen LogP contribution in [0, 0.1) is 22.7 Å². The van der Waals surface area contributed by atoms with Crippen LogP contribution in [-0.4, -0.2) is 24.4 Å². The fourth-order valence-electron chi connectivity index (χ4n) is 5.30. The van der Waals surface area contributed by atoms with Crippen LogP contribution in [0.25, 0.3) is 0 Å². The second-order valence-electron chi connectivity index (χ2n) is 10.1. The Kier molecular flexibility index (Phi) is 4.18. The number of epoxide rings is 1. The van der Waals surface area contributed by atoms with Gasteiger partial charge in [0.05, 0.1) is 17.8 Å². The largest absolute Gasteiger partial charge is 0.377 e. The molecule has 0 aromatic heterocycles. The van der Waals surface area contributed by atoms with Crippen LogP contribution >= 0.6 is 0 Å². The van der Waals surface area contributed by atoms with Crippen LogP contribution in [-0.2, 0) is 9.47 Å². The van der Waals surface area contributed by atoms with Crippen molar-refractivity contribution in [1.29, 1.82) is 0 Å². The predicted octanol–water partition coefficient (Wildman–Crippen LogP) is 5.20. The molecule has 2 heterocycles. The summed E-state index contributed by atoms with van der Waals surface area (Å²) in [5.74, 6) is 1.48. The summed E-state index contributed by atoms with van der Waals surface area (Å²) in [6.07, 6.45) is 8.79. The van der Waals surface area contributed by atoms with E-state index in [0.717, 1.165) is 18.4 Å². The van der Waals surface area contributed by atoms with Gasteiger partial charge < -0.3 is 9.47 Å². The molecule has 0 bridgehead atoms. The van der Waals surface area contributed by atoms with Crippen molar-refractivity contribution in [3.8, 4) is 0 Å². The maximum absolute atomic E-state index is 6.36. The lowest BCUT2D eigenvalue weighted by Crippen LogP contribution is -2.43. The first-order chi connectivity index (χ1) is 10.2. The van der Waals surface area contributed by atoms with Crippen LogP contribution in [0.15, 0.2) is 0 Å². The van der Waals surface area contributed by atoms with E-state index >= 15 is 0 Å². The molecule has 5 atom stereocenters. The zero-order chi connectivity index (χ0) is 16.2. The number of hydrogen-bond donors (Lipinski definition) is 0. The SMILES string of the molecule is CC(C)(C)C1OCCCC1CC1CCCC2(C(C)(C)C)OC12. The fourth-order valence-corrected chi connectivity index (χ4v) is 5.30. The minimum Gasteiger partial charge on any atom is -0.377 e. The molecule has 0 aromatic rings. The molecule has 1 aliphatic carbocycles. The van der Waals surface area contributed by atoms with Crippen molar-refractivity contribution in [3.63, 3.8) is 0 Å². The summed E-state index contributed by atoms with van der Waals surface area (Å²) in [7, 11) is 0. The summed E-state index contributed by atoms with van der Waals surface area (Å²) in [4.78, 5) is 0. The summed E-state index contributed by atoms with van der Waals surface area (Å²) < 4.78 is 12.6. The summed E-state index contributed by atoms with van der Waals surface area (Å²) in [5, 5.41) is 0. The van der Waals surface area contributed by atoms with Crippen molar-refractivity contribution < 1.29 is 9.47 Å². The van der Waals surface area contributed by atoms with E-state index in [1.165, 1.54) is 38.5 Å². The maximum atomic E-state index is 6.36. The van der Waals surface area contributed by atoms with E-state index in [0.29, 0.717) is 12.2 Å². The Morgan fingerprint density at radius 2 is 1.64 bits per heavy atom. The zero-order valence-corrected chi connectivity index (χ0v) is 15.6. The predicted molar refractivity (Wildman–Crippen MR) is 90.9 cm³/mol. The Morgan fingerprint density at radius 3 is 2.27 bits per heavy atom. The Morgan fingerprint density at radius 1 is 0.955 bits per heavy atom. The topological polar surface area (TPSA) is 21.8 Å². The summed E-state index contributed by atoms with van der Waals surface area (Å²) >= 11 is 0. The molecule has 2 saturated heterocycles. The van der Waals surface area contributed by atoms with Crippen molar-refractivity contribution in [2.45, 2.75) is 97.9 Å². The standard InChI is InChI=1S/C20H36O2/c1-18(2,3)16-14(10-8-12-21-16)13-15-9-7-11-20(17(15)22-20)19(4,5)6/h14-17H,7-13H2,1-6H3.